The first kappa shape index (κ1) is 43.3. The maximum Gasteiger partial charge on any atom is 0.451 e. The van der Waals surface area contributed by atoms with Gasteiger partial charge >= 0.3 is 36.5 Å². The molecule has 0 aliphatic heterocycles. The number of carbonyl (C=O) groups excluding carboxylic acids is 2. The second-order valence-corrected chi connectivity index (χ2v) is 12.0. The molecule has 23 heteroatoms. The fourth-order valence-electron chi connectivity index (χ4n) is 3.88. The Hall–Kier alpha value is -4.90. The van der Waals surface area contributed by atoms with E-state index in [1.54, 1.807) is 22.7 Å². The minimum atomic E-state index is -4.78. The predicted molar refractivity (Wildman–Crippen MR) is 179 cm³/mol. The van der Waals surface area contributed by atoms with Crippen LogP contribution < -0.4 is 31.2 Å². The fraction of sp³-hybridized carbons (Fsp3) is 0.448. The molecule has 0 atom stereocenters. The number of halogens is 6. The van der Waals surface area contributed by atoms with Crippen molar-refractivity contribution in [1.29, 1.82) is 0 Å². The highest BCUT2D eigenvalue weighted by Gasteiger charge is 2.37. The molecule has 0 aromatic carbocycles. The van der Waals surface area contributed by atoms with E-state index in [0.29, 0.717) is 6.54 Å². The van der Waals surface area contributed by atoms with Crippen molar-refractivity contribution >= 4 is 46.7 Å². The Balaban J connectivity index is 0.000000298. The Morgan fingerprint density at radius 3 is 1.56 bits per heavy atom. The lowest BCUT2D eigenvalue weighted by molar-refractivity contribution is -0.146. The molecule has 0 radical (unpaired) electrons. The van der Waals surface area contributed by atoms with Gasteiger partial charge in [-0.1, -0.05) is 13.8 Å². The van der Waals surface area contributed by atoms with Gasteiger partial charge in [0.15, 0.2) is 0 Å². The van der Waals surface area contributed by atoms with E-state index < -0.39 is 60.0 Å². The summed E-state index contributed by atoms with van der Waals surface area (Å²) in [6, 6.07) is -1.84. The molecule has 0 unspecified atom stereocenters. The standard InChI is InChI=1S/C14H16F3N5O2S.C8H13NS.C7H7F3N4O3/c1-4-8-6-25-7(2)9(8)5-18-12(23)21-11-19-10(14(15,16)17)20-13(22-11)24-3;1-3-7-5-10-6(2)8(7)4-9;1-16-5-12-3(7(8,9)10)11-4(13-5)14-6(15)17-2/h6H,4-5H2,1-3H3,(H2,18,19,20,21,22,23);5H,3-4,9H2,1-2H3;1-2H3,(H,11,12,13,14,15). The van der Waals surface area contributed by atoms with Gasteiger partial charge in [0.05, 0.1) is 21.3 Å². The number of amides is 3. The number of nitrogens with one attached hydrogen (secondary N) is 3. The summed E-state index contributed by atoms with van der Waals surface area (Å²) in [5.74, 6) is -4.09. The highest BCUT2D eigenvalue weighted by atomic mass is 32.1. The third-order valence-electron chi connectivity index (χ3n) is 6.50. The van der Waals surface area contributed by atoms with Gasteiger partial charge < -0.3 is 25.3 Å². The van der Waals surface area contributed by atoms with E-state index in [2.05, 4.69) is 74.0 Å². The molecular weight excluding hydrogens is 747 g/mol. The first-order valence-electron chi connectivity index (χ1n) is 14.9. The molecule has 15 nitrogen and oxygen atoms in total. The van der Waals surface area contributed by atoms with Crippen molar-refractivity contribution in [2.24, 2.45) is 5.73 Å². The molecule has 4 heterocycles. The third kappa shape index (κ3) is 13.0. The minimum Gasteiger partial charge on any atom is -0.467 e. The molecule has 0 saturated carbocycles. The Labute approximate surface area is 301 Å². The van der Waals surface area contributed by atoms with E-state index in [0.717, 1.165) is 50.2 Å². The number of nitrogens with zero attached hydrogens (tertiary/aromatic N) is 6. The van der Waals surface area contributed by atoms with Gasteiger partial charge in [-0.2, -0.15) is 56.2 Å². The largest absolute Gasteiger partial charge is 0.467 e. The van der Waals surface area contributed by atoms with Crippen LogP contribution >= 0.6 is 22.7 Å². The molecule has 52 heavy (non-hydrogen) atoms. The van der Waals surface area contributed by atoms with Crippen molar-refractivity contribution in [3.05, 3.63) is 54.4 Å². The van der Waals surface area contributed by atoms with Crippen molar-refractivity contribution in [2.45, 2.75) is 66.0 Å². The number of aryl methyl sites for hydroxylation is 4. The highest BCUT2D eigenvalue weighted by molar-refractivity contribution is 7.10. The van der Waals surface area contributed by atoms with Gasteiger partial charge in [-0.25, -0.2) is 9.59 Å². The minimum absolute atomic E-state index is 0.249. The number of ether oxygens (including phenoxy) is 3. The number of hydrogen-bond donors (Lipinski definition) is 4. The Bertz CT molecular complexity index is 1790. The van der Waals surface area contributed by atoms with E-state index in [9.17, 15) is 35.9 Å². The van der Waals surface area contributed by atoms with Gasteiger partial charge in [0.25, 0.3) is 0 Å². The Morgan fingerprint density at radius 2 is 1.17 bits per heavy atom. The molecule has 0 aliphatic rings. The second kappa shape index (κ2) is 19.6. The lowest BCUT2D eigenvalue weighted by Gasteiger charge is -2.10. The lowest BCUT2D eigenvalue weighted by Crippen LogP contribution is -2.30. The molecular formula is C29H36F6N10O5S2. The SMILES string of the molecule is CCc1csc(C)c1CN.CCc1csc(C)c1CNC(=O)Nc1nc(OC)nc(C(F)(F)F)n1.COC(=O)Nc1nc(OC)nc(C(F)(F)F)n1. The Kier molecular flexibility index (Phi) is 16.3. The molecule has 0 saturated heterocycles. The molecule has 4 rings (SSSR count). The summed E-state index contributed by atoms with van der Waals surface area (Å²) < 4.78 is 88.5. The van der Waals surface area contributed by atoms with Crippen LogP contribution in [0.4, 0.5) is 47.8 Å². The number of nitrogens with two attached hydrogens (primary N) is 1. The van der Waals surface area contributed by atoms with Crippen LogP contribution in [0.5, 0.6) is 12.0 Å². The summed E-state index contributed by atoms with van der Waals surface area (Å²) in [5.41, 5.74) is 10.5. The zero-order chi connectivity index (χ0) is 39.2. The van der Waals surface area contributed by atoms with Crippen molar-refractivity contribution in [3.63, 3.8) is 0 Å². The topological polar surface area (TPSA) is 201 Å². The van der Waals surface area contributed by atoms with Crippen LogP contribution in [0.1, 0.15) is 57.5 Å². The monoisotopic (exact) mass is 782 g/mol. The number of thiophene rings is 2. The number of aromatic nitrogens is 6. The highest BCUT2D eigenvalue weighted by Crippen LogP contribution is 2.29. The van der Waals surface area contributed by atoms with E-state index in [1.807, 2.05) is 24.5 Å². The van der Waals surface area contributed by atoms with Crippen molar-refractivity contribution < 1.29 is 50.1 Å². The number of carbonyl (C=O) groups is 2. The number of rotatable bonds is 9. The number of urea groups is 1. The smallest absolute Gasteiger partial charge is 0.451 e. The Morgan fingerprint density at radius 1 is 0.731 bits per heavy atom. The molecule has 3 amide bonds. The van der Waals surface area contributed by atoms with Crippen molar-refractivity contribution in [3.8, 4) is 12.0 Å². The van der Waals surface area contributed by atoms with Crippen LogP contribution in [-0.2, 0) is 43.0 Å². The quantitative estimate of drug-likeness (QED) is 0.138. The fourth-order valence-corrected chi connectivity index (χ4v) is 5.84. The number of hydrogen-bond acceptors (Lipinski definition) is 14. The van der Waals surface area contributed by atoms with Crippen LogP contribution in [0.3, 0.4) is 0 Å². The second-order valence-electron chi connectivity index (χ2n) is 9.86. The van der Waals surface area contributed by atoms with Gasteiger partial charge in [-0.15, -0.1) is 22.7 Å². The normalized spacial score (nSPS) is 11.0. The van der Waals surface area contributed by atoms with Crippen LogP contribution in [0.25, 0.3) is 0 Å². The molecule has 5 N–H and O–H groups in total. The molecule has 0 bridgehead atoms. The van der Waals surface area contributed by atoms with Crippen LogP contribution in [0.2, 0.25) is 0 Å². The molecule has 0 aliphatic carbocycles. The summed E-state index contributed by atoms with van der Waals surface area (Å²) in [4.78, 5) is 44.4. The predicted octanol–water partition coefficient (Wildman–Crippen LogP) is 6.31. The zero-order valence-corrected chi connectivity index (χ0v) is 30.5. The zero-order valence-electron chi connectivity index (χ0n) is 28.9. The van der Waals surface area contributed by atoms with E-state index >= 15 is 0 Å². The van der Waals surface area contributed by atoms with Crippen LogP contribution in [-0.4, -0.2) is 63.4 Å². The van der Waals surface area contributed by atoms with E-state index in [-0.39, 0.29) is 6.54 Å². The average Bonchev–Trinajstić information content (AvgIpc) is 3.66. The summed E-state index contributed by atoms with van der Waals surface area (Å²) >= 11 is 3.37. The number of anilines is 2. The van der Waals surface area contributed by atoms with Crippen molar-refractivity contribution in [2.75, 3.05) is 32.0 Å². The number of methoxy groups -OCH3 is 3. The van der Waals surface area contributed by atoms with Gasteiger partial charge in [0, 0.05) is 22.8 Å². The van der Waals surface area contributed by atoms with Gasteiger partial charge in [0.2, 0.25) is 23.5 Å². The molecule has 0 fully saturated rings. The third-order valence-corrected chi connectivity index (χ3v) is 8.50. The van der Waals surface area contributed by atoms with Crippen LogP contribution in [0, 0.1) is 13.8 Å². The molecule has 4 aromatic rings. The first-order chi connectivity index (χ1) is 24.4. The summed E-state index contributed by atoms with van der Waals surface area (Å²) in [5, 5.41) is 10.8. The molecule has 4 aromatic heterocycles. The lowest BCUT2D eigenvalue weighted by atomic mass is 10.1. The van der Waals surface area contributed by atoms with Crippen molar-refractivity contribution in [1.82, 2.24) is 35.2 Å². The first-order valence-corrected chi connectivity index (χ1v) is 16.6. The van der Waals surface area contributed by atoms with Gasteiger partial charge in [-0.3, -0.25) is 10.6 Å². The van der Waals surface area contributed by atoms with Gasteiger partial charge in [0.1, 0.15) is 0 Å². The maximum atomic E-state index is 12.7. The summed E-state index contributed by atoms with van der Waals surface area (Å²) in [6.07, 6.45) is -8.64. The average molecular weight is 783 g/mol. The van der Waals surface area contributed by atoms with E-state index in [1.165, 1.54) is 16.0 Å². The van der Waals surface area contributed by atoms with E-state index in [4.69, 9.17) is 5.73 Å². The molecule has 286 valence electrons. The van der Waals surface area contributed by atoms with Crippen LogP contribution in [0.15, 0.2) is 10.8 Å². The molecule has 0 spiro atoms. The number of alkyl halides is 6. The summed E-state index contributed by atoms with van der Waals surface area (Å²) in [7, 11) is 3.24. The maximum absolute atomic E-state index is 12.7. The summed E-state index contributed by atoms with van der Waals surface area (Å²) in [6.45, 7) is 9.18. The van der Waals surface area contributed by atoms with Gasteiger partial charge in [-0.05, 0) is 59.7 Å².